The third-order valence-corrected chi connectivity index (χ3v) is 7.86. The van der Waals surface area contributed by atoms with Crippen LogP contribution in [0.15, 0.2) is 42.4 Å². The van der Waals surface area contributed by atoms with Crippen LogP contribution in [0.25, 0.3) is 22.4 Å². The van der Waals surface area contributed by atoms with Crippen molar-refractivity contribution in [2.75, 3.05) is 43.1 Å². The van der Waals surface area contributed by atoms with Crippen molar-refractivity contribution in [2.24, 2.45) is 5.92 Å². The molecule has 0 radical (unpaired) electrons. The van der Waals surface area contributed by atoms with Gasteiger partial charge in [0.25, 0.3) is 0 Å². The first-order chi connectivity index (χ1) is 19.6. The number of rotatable bonds is 4. The zero-order chi connectivity index (χ0) is 28.9. The van der Waals surface area contributed by atoms with Crippen LogP contribution in [0, 0.1) is 5.92 Å². The first kappa shape index (κ1) is 27.2. The van der Waals surface area contributed by atoms with Crippen LogP contribution in [0.3, 0.4) is 0 Å². The smallest absolute Gasteiger partial charge is 0.410 e. The normalized spacial score (nSPS) is 20.8. The van der Waals surface area contributed by atoms with Gasteiger partial charge < -0.3 is 24.2 Å². The predicted molar refractivity (Wildman–Crippen MR) is 155 cm³/mol. The summed E-state index contributed by atoms with van der Waals surface area (Å²) in [5.41, 5.74) is 4.49. The number of ether oxygens (including phenoxy) is 2. The Hall–Kier alpha value is -3.99. The maximum Gasteiger partial charge on any atom is 0.410 e. The molecule has 0 saturated carbocycles. The fourth-order valence-electron chi connectivity index (χ4n) is 5.63. The lowest BCUT2D eigenvalue weighted by Crippen LogP contribution is -2.36. The molecule has 2 saturated heterocycles. The number of fused-ring (bicyclic) bond motifs is 2. The van der Waals surface area contributed by atoms with Crippen molar-refractivity contribution in [3.63, 3.8) is 0 Å². The van der Waals surface area contributed by atoms with Gasteiger partial charge in [-0.15, -0.1) is 0 Å². The van der Waals surface area contributed by atoms with Gasteiger partial charge in [-0.25, -0.2) is 14.8 Å². The van der Waals surface area contributed by atoms with Crippen molar-refractivity contribution in [3.05, 3.63) is 42.4 Å². The maximum absolute atomic E-state index is 12.6. The number of carbonyl (C=O) groups excluding carboxylic acids is 2. The topological polar surface area (TPSA) is 106 Å². The van der Waals surface area contributed by atoms with Gasteiger partial charge in [-0.2, -0.15) is 4.98 Å². The molecule has 2 atom stereocenters. The molecule has 3 aliphatic heterocycles. The van der Waals surface area contributed by atoms with Crippen LogP contribution in [0.1, 0.15) is 53.2 Å². The van der Waals surface area contributed by atoms with Crippen molar-refractivity contribution < 1.29 is 19.1 Å². The van der Waals surface area contributed by atoms with E-state index in [1.807, 2.05) is 49.6 Å². The van der Waals surface area contributed by atoms with Crippen molar-refractivity contribution >= 4 is 34.8 Å². The minimum Gasteiger partial charge on any atom is -0.444 e. The number of aromatic nitrogens is 4. The highest BCUT2D eigenvalue weighted by atomic mass is 16.6. The number of hydrogen-bond acceptors (Lipinski definition) is 8. The molecular weight excluding hydrogens is 522 g/mol. The highest BCUT2D eigenvalue weighted by Crippen LogP contribution is 2.36. The Balaban J connectivity index is 1.35. The van der Waals surface area contributed by atoms with Crippen LogP contribution in [0.2, 0.25) is 0 Å². The van der Waals surface area contributed by atoms with Gasteiger partial charge in [0, 0.05) is 63.6 Å². The summed E-state index contributed by atoms with van der Waals surface area (Å²) in [6.07, 6.45) is 6.53. The largest absolute Gasteiger partial charge is 0.444 e. The van der Waals surface area contributed by atoms with Crippen molar-refractivity contribution in [3.8, 4) is 11.3 Å². The molecule has 2 aromatic heterocycles. The standard InChI is InChI=1S/C30H37N7O4/c1-19(38)34(5)23-11-9-20(10-12-23)25-26-27(37(18-31-26)24-8-6-7-13-40-24)33-28(32-25)35-14-21-16-36(17-22(21)15-35)29(39)41-30(2,3)4/h9-12,14,18,22,24H,6-8,13,15-17H2,1-5H3. The summed E-state index contributed by atoms with van der Waals surface area (Å²) in [5, 5.41) is 0. The van der Waals surface area contributed by atoms with Crippen molar-refractivity contribution in [1.82, 2.24) is 24.4 Å². The summed E-state index contributed by atoms with van der Waals surface area (Å²) >= 11 is 0. The lowest BCUT2D eigenvalue weighted by atomic mass is 10.1. The Labute approximate surface area is 239 Å². The average Bonchev–Trinajstić information content (AvgIpc) is 3.65. The number of imidazole rings is 1. The van der Waals surface area contributed by atoms with E-state index in [-0.39, 0.29) is 24.1 Å². The molecule has 0 N–H and O–H groups in total. The Morgan fingerprint density at radius 2 is 1.88 bits per heavy atom. The molecule has 2 amide bonds. The number of benzene rings is 1. The number of anilines is 2. The Bertz CT molecular complexity index is 1500. The molecule has 11 heteroatoms. The summed E-state index contributed by atoms with van der Waals surface area (Å²) in [7, 11) is 1.76. The Kier molecular flexibility index (Phi) is 6.93. The number of amides is 2. The van der Waals surface area contributed by atoms with E-state index in [0.717, 1.165) is 41.9 Å². The predicted octanol–water partition coefficient (Wildman–Crippen LogP) is 4.75. The second-order valence-corrected chi connectivity index (χ2v) is 12.1. The molecule has 0 bridgehead atoms. The van der Waals surface area contributed by atoms with Gasteiger partial charge in [0.05, 0.1) is 6.33 Å². The van der Waals surface area contributed by atoms with Crippen molar-refractivity contribution in [1.29, 1.82) is 0 Å². The van der Waals surface area contributed by atoms with Crippen LogP contribution in [-0.4, -0.2) is 75.3 Å². The second kappa shape index (κ2) is 10.4. The number of carbonyl (C=O) groups is 2. The van der Waals surface area contributed by atoms with Crippen LogP contribution in [0.5, 0.6) is 0 Å². The number of likely N-dealkylation sites (tertiary alicyclic amines) is 1. The molecule has 41 heavy (non-hydrogen) atoms. The van der Waals surface area contributed by atoms with Gasteiger partial charge in [0.1, 0.15) is 23.0 Å². The van der Waals surface area contributed by atoms with E-state index in [1.54, 1.807) is 30.1 Å². The fourth-order valence-corrected chi connectivity index (χ4v) is 5.63. The molecule has 216 valence electrons. The SMILES string of the molecule is CC(=O)N(C)c1ccc(-c2nc(N3C=C4CN(C(=O)OC(C)(C)C)CC4C3)nc3c2ncn3C2CCCCO2)cc1. The van der Waals surface area contributed by atoms with E-state index in [2.05, 4.69) is 11.1 Å². The molecular formula is C30H37N7O4. The molecule has 0 spiro atoms. The summed E-state index contributed by atoms with van der Waals surface area (Å²) < 4.78 is 13.7. The minimum absolute atomic E-state index is 0.0338. The summed E-state index contributed by atoms with van der Waals surface area (Å²) in [6, 6.07) is 7.76. The molecule has 5 heterocycles. The van der Waals surface area contributed by atoms with Gasteiger partial charge in [-0.3, -0.25) is 9.36 Å². The third-order valence-electron chi connectivity index (χ3n) is 7.86. The lowest BCUT2D eigenvalue weighted by Gasteiger charge is -2.25. The Morgan fingerprint density at radius 1 is 1.10 bits per heavy atom. The van der Waals surface area contributed by atoms with Gasteiger partial charge in [-0.1, -0.05) is 12.1 Å². The molecule has 3 aromatic rings. The van der Waals surface area contributed by atoms with Gasteiger partial charge in [0.15, 0.2) is 5.65 Å². The zero-order valence-electron chi connectivity index (χ0n) is 24.3. The molecule has 0 aliphatic carbocycles. The van der Waals surface area contributed by atoms with Gasteiger partial charge >= 0.3 is 6.09 Å². The molecule has 3 aliphatic rings. The van der Waals surface area contributed by atoms with E-state index in [0.29, 0.717) is 37.7 Å². The average molecular weight is 560 g/mol. The lowest BCUT2D eigenvalue weighted by molar-refractivity contribution is -0.116. The van der Waals surface area contributed by atoms with Gasteiger partial charge in [0.2, 0.25) is 11.9 Å². The van der Waals surface area contributed by atoms with E-state index in [4.69, 9.17) is 24.4 Å². The van der Waals surface area contributed by atoms with Gasteiger partial charge in [-0.05, 0) is 57.7 Å². The molecule has 6 rings (SSSR count). The van der Waals surface area contributed by atoms with E-state index in [1.165, 1.54) is 5.57 Å². The maximum atomic E-state index is 12.6. The van der Waals surface area contributed by atoms with E-state index in [9.17, 15) is 9.59 Å². The molecule has 11 nitrogen and oxygen atoms in total. The molecule has 2 fully saturated rings. The molecule has 2 unspecified atom stereocenters. The van der Waals surface area contributed by atoms with Crippen LogP contribution >= 0.6 is 0 Å². The molecule has 1 aromatic carbocycles. The van der Waals surface area contributed by atoms with E-state index >= 15 is 0 Å². The summed E-state index contributed by atoms with van der Waals surface area (Å²) in [6.45, 7) is 9.71. The van der Waals surface area contributed by atoms with Crippen molar-refractivity contribution in [2.45, 2.75) is 58.8 Å². The quantitative estimate of drug-likeness (QED) is 0.451. The minimum atomic E-state index is -0.528. The van der Waals surface area contributed by atoms with E-state index < -0.39 is 5.60 Å². The highest BCUT2D eigenvalue weighted by molar-refractivity contribution is 5.92. The fraction of sp³-hybridized carbons (Fsp3) is 0.500. The first-order valence-electron chi connectivity index (χ1n) is 14.2. The van der Waals surface area contributed by atoms with Crippen LogP contribution in [0.4, 0.5) is 16.4 Å². The number of nitrogens with zero attached hydrogens (tertiary/aromatic N) is 7. The highest BCUT2D eigenvalue weighted by Gasteiger charge is 2.38. The van der Waals surface area contributed by atoms with Crippen LogP contribution < -0.4 is 9.80 Å². The zero-order valence-corrected chi connectivity index (χ0v) is 24.3. The van der Waals surface area contributed by atoms with Crippen LogP contribution in [-0.2, 0) is 14.3 Å². The Morgan fingerprint density at radius 3 is 2.54 bits per heavy atom. The second-order valence-electron chi connectivity index (χ2n) is 12.1. The summed E-state index contributed by atoms with van der Waals surface area (Å²) in [4.78, 5) is 44.7. The summed E-state index contributed by atoms with van der Waals surface area (Å²) in [5.74, 6) is 0.743. The first-order valence-corrected chi connectivity index (χ1v) is 14.2. The third kappa shape index (κ3) is 5.38. The number of hydrogen-bond donors (Lipinski definition) is 0. The monoisotopic (exact) mass is 559 g/mol.